The van der Waals surface area contributed by atoms with E-state index in [9.17, 15) is 31.2 Å². The third-order valence-electron chi connectivity index (χ3n) is 3.54. The SMILES string of the molecule is O=C(CCCNS(=O)(=O)c1ccc(F)cc1F)OCC(=O)c1cccc(F)c1. The van der Waals surface area contributed by atoms with E-state index in [0.717, 1.165) is 18.2 Å². The van der Waals surface area contributed by atoms with Crippen LogP contribution < -0.4 is 4.72 Å². The Hall–Kier alpha value is -2.72. The van der Waals surface area contributed by atoms with E-state index in [0.29, 0.717) is 6.07 Å². The molecule has 0 aliphatic carbocycles. The van der Waals surface area contributed by atoms with Gasteiger partial charge in [0.15, 0.2) is 12.4 Å². The van der Waals surface area contributed by atoms with Gasteiger partial charge in [0.25, 0.3) is 0 Å². The third-order valence-corrected chi connectivity index (χ3v) is 5.04. The van der Waals surface area contributed by atoms with Crippen LogP contribution in [0.4, 0.5) is 13.2 Å². The molecule has 0 unspecified atom stereocenters. The average Bonchev–Trinajstić information content (AvgIpc) is 2.63. The molecule has 6 nitrogen and oxygen atoms in total. The molecular weight excluding hydrogens is 399 g/mol. The topological polar surface area (TPSA) is 89.5 Å². The minimum Gasteiger partial charge on any atom is -0.457 e. The molecule has 1 N–H and O–H groups in total. The first-order valence-electron chi connectivity index (χ1n) is 8.08. The summed E-state index contributed by atoms with van der Waals surface area (Å²) in [6.07, 6.45) is -0.181. The van der Waals surface area contributed by atoms with E-state index in [1.54, 1.807) is 0 Å². The van der Waals surface area contributed by atoms with E-state index in [2.05, 4.69) is 4.72 Å². The van der Waals surface area contributed by atoms with Crippen LogP contribution in [0.25, 0.3) is 0 Å². The van der Waals surface area contributed by atoms with Gasteiger partial charge in [-0.25, -0.2) is 26.3 Å². The fourth-order valence-electron chi connectivity index (χ4n) is 2.17. The highest BCUT2D eigenvalue weighted by Gasteiger charge is 2.19. The predicted octanol–water partition coefficient (Wildman–Crippen LogP) is 2.59. The third kappa shape index (κ3) is 6.17. The van der Waals surface area contributed by atoms with Crippen LogP contribution in [0, 0.1) is 17.5 Å². The maximum atomic E-state index is 13.5. The monoisotopic (exact) mass is 415 g/mol. The summed E-state index contributed by atoms with van der Waals surface area (Å²) in [5.41, 5.74) is 0.0573. The summed E-state index contributed by atoms with van der Waals surface area (Å²) >= 11 is 0. The number of ether oxygens (including phenoxy) is 1. The van der Waals surface area contributed by atoms with Crippen molar-refractivity contribution in [2.45, 2.75) is 17.7 Å². The van der Waals surface area contributed by atoms with Gasteiger partial charge in [-0.3, -0.25) is 9.59 Å². The van der Waals surface area contributed by atoms with Crippen molar-refractivity contribution in [1.82, 2.24) is 4.72 Å². The molecule has 0 bridgehead atoms. The molecule has 0 heterocycles. The van der Waals surface area contributed by atoms with Crippen LogP contribution >= 0.6 is 0 Å². The van der Waals surface area contributed by atoms with Gasteiger partial charge < -0.3 is 4.74 Å². The zero-order chi connectivity index (χ0) is 20.7. The molecule has 0 amide bonds. The number of hydrogen-bond donors (Lipinski definition) is 1. The Kier molecular flexibility index (Phi) is 7.30. The summed E-state index contributed by atoms with van der Waals surface area (Å²) in [7, 11) is -4.20. The fourth-order valence-corrected chi connectivity index (χ4v) is 3.31. The molecular formula is C18H16F3NO5S. The molecule has 2 aromatic rings. The molecule has 28 heavy (non-hydrogen) atoms. The Labute approximate surface area is 159 Å². The van der Waals surface area contributed by atoms with Crippen molar-refractivity contribution in [2.75, 3.05) is 13.2 Å². The number of nitrogens with one attached hydrogen (secondary N) is 1. The lowest BCUT2D eigenvalue weighted by Gasteiger charge is -2.08. The van der Waals surface area contributed by atoms with E-state index in [1.165, 1.54) is 18.2 Å². The first kappa shape index (κ1) is 21.6. The minimum atomic E-state index is -4.20. The van der Waals surface area contributed by atoms with Crippen molar-refractivity contribution >= 4 is 21.8 Å². The summed E-state index contributed by atoms with van der Waals surface area (Å²) in [6, 6.07) is 6.95. The Bertz CT molecular complexity index is 979. The normalized spacial score (nSPS) is 11.2. The van der Waals surface area contributed by atoms with Gasteiger partial charge in [-0.05, 0) is 30.7 Å². The summed E-state index contributed by atoms with van der Waals surface area (Å²) in [6.45, 7) is -0.777. The highest BCUT2D eigenvalue weighted by atomic mass is 32.2. The van der Waals surface area contributed by atoms with E-state index in [4.69, 9.17) is 4.74 Å². The van der Waals surface area contributed by atoms with Gasteiger partial charge in [0.05, 0.1) is 0 Å². The first-order chi connectivity index (χ1) is 13.2. The number of benzene rings is 2. The van der Waals surface area contributed by atoms with Gasteiger partial charge in [-0.15, -0.1) is 0 Å². The zero-order valence-corrected chi connectivity index (χ0v) is 15.3. The zero-order valence-electron chi connectivity index (χ0n) is 14.5. The van der Waals surface area contributed by atoms with Crippen LogP contribution in [0.3, 0.4) is 0 Å². The molecule has 0 radical (unpaired) electrons. The molecule has 0 saturated heterocycles. The standard InChI is InChI=1S/C18H16F3NO5S/c19-13-4-1-3-12(9-13)16(23)11-27-18(24)5-2-8-22-28(25,26)17-7-6-14(20)10-15(17)21/h1,3-4,6-7,9-10,22H,2,5,8,11H2. The summed E-state index contributed by atoms with van der Waals surface area (Å²) in [5.74, 6) is -4.07. The molecule has 2 aromatic carbocycles. The number of esters is 1. The Morgan fingerprint density at radius 2 is 1.71 bits per heavy atom. The molecule has 0 fully saturated rings. The van der Waals surface area contributed by atoms with Crippen molar-refractivity contribution in [3.63, 3.8) is 0 Å². The van der Waals surface area contributed by atoms with Crippen LogP contribution in [0.2, 0.25) is 0 Å². The van der Waals surface area contributed by atoms with Crippen LogP contribution in [0.15, 0.2) is 47.4 Å². The van der Waals surface area contributed by atoms with Crippen molar-refractivity contribution in [3.05, 3.63) is 65.5 Å². The molecule has 2 rings (SSSR count). The van der Waals surface area contributed by atoms with E-state index in [1.807, 2.05) is 0 Å². The number of carbonyl (C=O) groups is 2. The Morgan fingerprint density at radius 3 is 2.39 bits per heavy atom. The fraction of sp³-hybridized carbons (Fsp3) is 0.222. The molecule has 0 aliphatic rings. The summed E-state index contributed by atoms with van der Waals surface area (Å²) in [4.78, 5) is 22.7. The van der Waals surface area contributed by atoms with Gasteiger partial charge in [-0.2, -0.15) is 0 Å². The summed E-state index contributed by atoms with van der Waals surface area (Å²) in [5, 5.41) is 0. The second kappa shape index (κ2) is 9.47. The van der Waals surface area contributed by atoms with E-state index < -0.39 is 50.7 Å². The number of rotatable bonds is 9. The highest BCUT2D eigenvalue weighted by Crippen LogP contribution is 2.15. The first-order valence-corrected chi connectivity index (χ1v) is 9.56. The molecule has 0 aromatic heterocycles. The van der Waals surface area contributed by atoms with Gasteiger partial charge in [0.2, 0.25) is 10.0 Å². The number of ketones is 1. The van der Waals surface area contributed by atoms with E-state index >= 15 is 0 Å². The molecule has 0 atom stereocenters. The molecule has 0 aliphatic heterocycles. The van der Waals surface area contributed by atoms with Crippen molar-refractivity contribution in [3.8, 4) is 0 Å². The number of hydrogen-bond acceptors (Lipinski definition) is 5. The molecule has 0 spiro atoms. The van der Waals surface area contributed by atoms with Gasteiger partial charge in [-0.1, -0.05) is 12.1 Å². The van der Waals surface area contributed by atoms with Crippen molar-refractivity contribution in [2.24, 2.45) is 0 Å². The van der Waals surface area contributed by atoms with Crippen LogP contribution in [-0.4, -0.2) is 33.3 Å². The molecule has 150 valence electrons. The van der Waals surface area contributed by atoms with Gasteiger partial charge >= 0.3 is 5.97 Å². The van der Waals surface area contributed by atoms with E-state index in [-0.39, 0.29) is 24.9 Å². The maximum Gasteiger partial charge on any atom is 0.306 e. The van der Waals surface area contributed by atoms with Crippen LogP contribution in [-0.2, 0) is 19.6 Å². The predicted molar refractivity (Wildman–Crippen MR) is 92.5 cm³/mol. The van der Waals surface area contributed by atoms with Crippen molar-refractivity contribution < 1.29 is 35.9 Å². The Morgan fingerprint density at radius 1 is 1.00 bits per heavy atom. The number of halogens is 3. The van der Waals surface area contributed by atoms with Crippen LogP contribution in [0.5, 0.6) is 0 Å². The quantitative estimate of drug-likeness (QED) is 0.386. The number of carbonyl (C=O) groups excluding carboxylic acids is 2. The van der Waals surface area contributed by atoms with Gasteiger partial charge in [0, 0.05) is 24.6 Å². The van der Waals surface area contributed by atoms with Gasteiger partial charge in [0.1, 0.15) is 22.3 Å². The van der Waals surface area contributed by atoms with Crippen LogP contribution in [0.1, 0.15) is 23.2 Å². The number of Topliss-reactive ketones (excluding diaryl/α,β-unsaturated/α-hetero) is 1. The molecule has 0 saturated carbocycles. The summed E-state index contributed by atoms with van der Waals surface area (Å²) < 4.78 is 70.1. The lowest BCUT2D eigenvalue weighted by Crippen LogP contribution is -2.26. The largest absolute Gasteiger partial charge is 0.457 e. The second-order valence-corrected chi connectivity index (χ2v) is 7.41. The van der Waals surface area contributed by atoms with Crippen molar-refractivity contribution in [1.29, 1.82) is 0 Å². The molecule has 10 heteroatoms. The minimum absolute atomic E-state index is 0.0228. The second-order valence-electron chi connectivity index (χ2n) is 5.67. The maximum absolute atomic E-state index is 13.5. The average molecular weight is 415 g/mol. The highest BCUT2D eigenvalue weighted by molar-refractivity contribution is 7.89. The number of sulfonamides is 1. The smallest absolute Gasteiger partial charge is 0.306 e. The Balaban J connectivity index is 1.75. The lowest BCUT2D eigenvalue weighted by atomic mass is 10.1. The lowest BCUT2D eigenvalue weighted by molar-refractivity contribution is -0.142.